The summed E-state index contributed by atoms with van der Waals surface area (Å²) >= 11 is 0. The number of carboxylic acid groups (broad SMARTS) is 1. The number of hydrogen-bond acceptors (Lipinski definition) is 3. The second-order valence-electron chi connectivity index (χ2n) is 11.6. The second kappa shape index (κ2) is 10.2. The summed E-state index contributed by atoms with van der Waals surface area (Å²) in [4.78, 5) is 29.8. The minimum Gasteiger partial charge on any atom is -0.478 e. The summed E-state index contributed by atoms with van der Waals surface area (Å²) in [7, 11) is 0. The van der Waals surface area contributed by atoms with Crippen molar-refractivity contribution in [3.8, 4) is 11.3 Å². The van der Waals surface area contributed by atoms with Crippen molar-refractivity contribution in [1.82, 2.24) is 9.47 Å². The number of carboxylic acids is 1. The predicted octanol–water partition coefficient (Wildman–Crippen LogP) is 6.46. The van der Waals surface area contributed by atoms with Crippen LogP contribution in [0.4, 0.5) is 5.69 Å². The van der Waals surface area contributed by atoms with Crippen LogP contribution in [0.1, 0.15) is 65.1 Å². The number of carbonyl (C=O) groups is 2. The number of nitrogens with zero attached hydrogens (tertiary/aromatic N) is 3. The number of carbonyl (C=O) groups excluding carboxylic acids is 1. The van der Waals surface area contributed by atoms with E-state index in [1.165, 1.54) is 47.0 Å². The van der Waals surface area contributed by atoms with Crippen LogP contribution in [0.3, 0.4) is 0 Å². The van der Waals surface area contributed by atoms with Crippen LogP contribution in [-0.4, -0.2) is 46.1 Å². The van der Waals surface area contributed by atoms with E-state index in [1.54, 1.807) is 6.07 Å². The molecular formula is C34H35N3O3. The zero-order valence-corrected chi connectivity index (χ0v) is 22.8. The van der Waals surface area contributed by atoms with Gasteiger partial charge < -0.3 is 19.5 Å². The Hall–Kier alpha value is -4.06. The summed E-state index contributed by atoms with van der Waals surface area (Å²) in [5, 5.41) is 11.0. The molecule has 1 aliphatic carbocycles. The maximum absolute atomic E-state index is 13.7. The number of aromatic nitrogens is 1. The zero-order valence-electron chi connectivity index (χ0n) is 22.8. The molecule has 0 saturated heterocycles. The van der Waals surface area contributed by atoms with Crippen molar-refractivity contribution in [2.75, 3.05) is 24.5 Å². The van der Waals surface area contributed by atoms with Gasteiger partial charge in [-0.15, -0.1) is 0 Å². The molecule has 3 aliphatic rings. The molecule has 7 rings (SSSR count). The number of rotatable bonds is 4. The van der Waals surface area contributed by atoms with Gasteiger partial charge in [-0.2, -0.15) is 0 Å². The lowest BCUT2D eigenvalue weighted by Crippen LogP contribution is -2.43. The van der Waals surface area contributed by atoms with Gasteiger partial charge in [0.05, 0.1) is 17.8 Å². The van der Waals surface area contributed by atoms with Crippen LogP contribution >= 0.6 is 0 Å². The average molecular weight is 534 g/mol. The highest BCUT2D eigenvalue weighted by Crippen LogP contribution is 2.47. The first-order valence-corrected chi connectivity index (χ1v) is 14.7. The van der Waals surface area contributed by atoms with Crippen LogP contribution < -0.4 is 4.90 Å². The van der Waals surface area contributed by atoms with E-state index >= 15 is 0 Å². The Bertz CT molecular complexity index is 1610. The first-order chi connectivity index (χ1) is 19.6. The van der Waals surface area contributed by atoms with E-state index in [9.17, 15) is 14.7 Å². The van der Waals surface area contributed by atoms with E-state index < -0.39 is 5.97 Å². The van der Waals surface area contributed by atoms with Crippen LogP contribution in [0.15, 0.2) is 66.7 Å². The van der Waals surface area contributed by atoms with E-state index in [2.05, 4.69) is 58.0 Å². The minimum atomic E-state index is -0.902. The van der Waals surface area contributed by atoms with E-state index in [1.807, 2.05) is 17.0 Å². The third-order valence-electron chi connectivity index (χ3n) is 9.27. The number of hydrogen-bond donors (Lipinski definition) is 1. The molecule has 204 valence electrons. The SMILES string of the molecule is O=C(O)c1ccc2c(C3CCCCC3)c3n(c2c1)CCN(CC(=O)N1CCc2ccccc2C1)c1ccccc1-3. The number of para-hydroxylation sites is 1. The van der Waals surface area contributed by atoms with Gasteiger partial charge in [-0.3, -0.25) is 4.79 Å². The molecule has 6 heteroatoms. The van der Waals surface area contributed by atoms with Gasteiger partial charge in [0.15, 0.2) is 0 Å². The Morgan fingerprint density at radius 3 is 2.45 bits per heavy atom. The highest BCUT2D eigenvalue weighted by Gasteiger charge is 2.32. The number of aromatic carboxylic acids is 1. The van der Waals surface area contributed by atoms with Gasteiger partial charge in [0.25, 0.3) is 0 Å². The van der Waals surface area contributed by atoms with E-state index in [0.29, 0.717) is 37.7 Å². The fourth-order valence-corrected chi connectivity index (χ4v) is 7.26. The molecule has 0 unspecified atom stereocenters. The lowest BCUT2D eigenvalue weighted by Gasteiger charge is -2.32. The summed E-state index contributed by atoms with van der Waals surface area (Å²) in [5.74, 6) is -0.291. The largest absolute Gasteiger partial charge is 0.478 e. The molecule has 3 heterocycles. The number of anilines is 1. The molecule has 4 aromatic rings. The molecule has 40 heavy (non-hydrogen) atoms. The van der Waals surface area contributed by atoms with Gasteiger partial charge in [0.1, 0.15) is 0 Å². The number of amides is 1. The normalized spacial score (nSPS) is 17.2. The maximum Gasteiger partial charge on any atom is 0.335 e. The van der Waals surface area contributed by atoms with Gasteiger partial charge in [-0.25, -0.2) is 4.79 Å². The number of fused-ring (bicyclic) bond motifs is 6. The quantitative estimate of drug-likeness (QED) is 0.327. The minimum absolute atomic E-state index is 0.154. The van der Waals surface area contributed by atoms with Crippen LogP contribution in [0.5, 0.6) is 0 Å². The monoisotopic (exact) mass is 533 g/mol. The average Bonchev–Trinajstić information content (AvgIpc) is 3.23. The van der Waals surface area contributed by atoms with Crippen molar-refractivity contribution in [3.05, 3.63) is 89.0 Å². The summed E-state index contributed by atoms with van der Waals surface area (Å²) in [6.45, 7) is 3.14. The van der Waals surface area contributed by atoms with Gasteiger partial charge in [-0.1, -0.05) is 67.8 Å². The van der Waals surface area contributed by atoms with E-state index in [4.69, 9.17) is 0 Å². The fraction of sp³-hybridized carbons (Fsp3) is 0.353. The Morgan fingerprint density at radius 2 is 1.62 bits per heavy atom. The second-order valence-corrected chi connectivity index (χ2v) is 11.6. The lowest BCUT2D eigenvalue weighted by atomic mass is 9.81. The molecule has 6 nitrogen and oxygen atoms in total. The Balaban J connectivity index is 1.29. The molecule has 3 aromatic carbocycles. The zero-order chi connectivity index (χ0) is 27.2. The van der Waals surface area contributed by atoms with Crippen molar-refractivity contribution < 1.29 is 14.7 Å². The number of benzene rings is 3. The molecule has 1 fully saturated rings. The van der Waals surface area contributed by atoms with Crippen LogP contribution in [-0.2, 0) is 24.3 Å². The van der Waals surface area contributed by atoms with Crippen molar-refractivity contribution >= 4 is 28.5 Å². The Morgan fingerprint density at radius 1 is 0.850 bits per heavy atom. The van der Waals surface area contributed by atoms with Gasteiger partial charge in [-0.05, 0) is 60.1 Å². The molecule has 1 N–H and O–H groups in total. The molecular weight excluding hydrogens is 498 g/mol. The summed E-state index contributed by atoms with van der Waals surface area (Å²) < 4.78 is 2.34. The van der Waals surface area contributed by atoms with Crippen LogP contribution in [0.2, 0.25) is 0 Å². The predicted molar refractivity (Wildman–Crippen MR) is 158 cm³/mol. The lowest BCUT2D eigenvalue weighted by molar-refractivity contribution is -0.130. The molecule has 1 saturated carbocycles. The van der Waals surface area contributed by atoms with Crippen LogP contribution in [0, 0.1) is 0 Å². The standard InChI is InChI=1S/C34H35N3O3/c38-31(36-17-16-23-8-4-5-11-26(23)21-36)22-35-18-19-37-30-20-25(34(39)40)14-15-27(30)32(24-9-2-1-3-10-24)33(37)28-12-6-7-13-29(28)35/h4-8,11-15,20,24H,1-3,9-10,16-19,21-22H2,(H,39,40). The topological polar surface area (TPSA) is 65.8 Å². The molecule has 0 bridgehead atoms. The Kier molecular flexibility index (Phi) is 6.34. The van der Waals surface area contributed by atoms with Crippen molar-refractivity contribution in [2.45, 2.75) is 57.5 Å². The van der Waals surface area contributed by atoms with Gasteiger partial charge in [0.2, 0.25) is 5.91 Å². The van der Waals surface area contributed by atoms with Crippen LogP contribution in [0.25, 0.3) is 22.2 Å². The highest BCUT2D eigenvalue weighted by molar-refractivity contribution is 6.00. The van der Waals surface area contributed by atoms with E-state index in [-0.39, 0.29) is 5.91 Å². The Labute approximate surface area is 234 Å². The summed E-state index contributed by atoms with van der Waals surface area (Å²) in [5.41, 5.74) is 8.70. The summed E-state index contributed by atoms with van der Waals surface area (Å²) in [6, 6.07) is 22.5. The van der Waals surface area contributed by atoms with Crippen molar-refractivity contribution in [1.29, 1.82) is 0 Å². The van der Waals surface area contributed by atoms with Crippen molar-refractivity contribution in [3.63, 3.8) is 0 Å². The summed E-state index contributed by atoms with van der Waals surface area (Å²) in [6.07, 6.45) is 6.95. The molecule has 0 radical (unpaired) electrons. The third-order valence-corrected chi connectivity index (χ3v) is 9.27. The molecule has 0 atom stereocenters. The van der Waals surface area contributed by atoms with Gasteiger partial charge >= 0.3 is 5.97 Å². The third kappa shape index (κ3) is 4.26. The maximum atomic E-state index is 13.7. The molecule has 0 spiro atoms. The fourth-order valence-electron chi connectivity index (χ4n) is 7.26. The molecule has 2 aliphatic heterocycles. The highest BCUT2D eigenvalue weighted by atomic mass is 16.4. The van der Waals surface area contributed by atoms with Gasteiger partial charge in [0, 0.05) is 48.3 Å². The van der Waals surface area contributed by atoms with Crippen molar-refractivity contribution in [2.24, 2.45) is 0 Å². The molecule has 1 aromatic heterocycles. The molecule has 1 amide bonds. The first kappa shape index (κ1) is 24.9. The smallest absolute Gasteiger partial charge is 0.335 e. The first-order valence-electron chi connectivity index (χ1n) is 14.7. The van der Waals surface area contributed by atoms with E-state index in [0.717, 1.165) is 42.6 Å².